The fourth-order valence-corrected chi connectivity index (χ4v) is 1.49. The number of rotatable bonds is 1. The fraction of sp³-hybridized carbons (Fsp3) is 0.462. The topological polar surface area (TPSA) is 12.4 Å². The van der Waals surface area contributed by atoms with Gasteiger partial charge in [-0.25, -0.2) is 0 Å². The molecule has 0 aliphatic carbocycles. The van der Waals surface area contributed by atoms with E-state index in [-0.39, 0.29) is 0 Å². The molecule has 0 amide bonds. The van der Waals surface area contributed by atoms with E-state index in [2.05, 4.69) is 37.0 Å². The average molecular weight is 189 g/mol. The van der Waals surface area contributed by atoms with Gasteiger partial charge in [0.15, 0.2) is 0 Å². The Morgan fingerprint density at radius 2 is 1.79 bits per heavy atom. The quantitative estimate of drug-likeness (QED) is 0.633. The van der Waals surface area contributed by atoms with Crippen LogP contribution >= 0.6 is 0 Å². The zero-order valence-corrected chi connectivity index (χ0v) is 9.54. The first-order chi connectivity index (χ1) is 6.77. The molecule has 0 radical (unpaired) electrons. The highest BCUT2D eigenvalue weighted by atomic mass is 14.8. The molecule has 0 aromatic heterocycles. The molecule has 0 atom stereocenters. The standard InChI is InChI=1S/C11H13N.C2H6/c1-8(2)11-7-9-5-3-4-6-10(9)12-11;1-2/h3-6,8H,7H2,1-2H3;1-2H3. The second kappa shape index (κ2) is 4.94. The maximum absolute atomic E-state index is 4.57. The van der Waals surface area contributed by atoms with Crippen LogP contribution in [0.5, 0.6) is 0 Å². The Morgan fingerprint density at radius 3 is 2.36 bits per heavy atom. The molecule has 0 spiro atoms. The van der Waals surface area contributed by atoms with Crippen molar-refractivity contribution < 1.29 is 0 Å². The van der Waals surface area contributed by atoms with Gasteiger partial charge in [-0.1, -0.05) is 45.9 Å². The summed E-state index contributed by atoms with van der Waals surface area (Å²) in [6.07, 6.45) is 1.05. The molecule has 1 aromatic carbocycles. The van der Waals surface area contributed by atoms with Crippen LogP contribution in [0.1, 0.15) is 33.3 Å². The minimum atomic E-state index is 0.581. The van der Waals surface area contributed by atoms with Gasteiger partial charge in [0.05, 0.1) is 5.69 Å². The minimum absolute atomic E-state index is 0.581. The van der Waals surface area contributed by atoms with Crippen molar-refractivity contribution in [3.8, 4) is 0 Å². The van der Waals surface area contributed by atoms with E-state index in [0.29, 0.717) is 5.92 Å². The molecular weight excluding hydrogens is 170 g/mol. The van der Waals surface area contributed by atoms with Crippen LogP contribution in [0.25, 0.3) is 0 Å². The Labute approximate surface area is 86.9 Å². The Kier molecular flexibility index (Phi) is 3.87. The second-order valence-electron chi connectivity index (χ2n) is 3.56. The van der Waals surface area contributed by atoms with Gasteiger partial charge in [0, 0.05) is 12.1 Å². The normalized spacial score (nSPS) is 13.1. The predicted octanol–water partition coefficient (Wildman–Crippen LogP) is 4.00. The molecule has 0 bridgehead atoms. The van der Waals surface area contributed by atoms with Crippen LogP contribution in [0.15, 0.2) is 29.3 Å². The molecule has 1 heterocycles. The first-order valence-electron chi connectivity index (χ1n) is 5.43. The lowest BCUT2D eigenvalue weighted by Gasteiger charge is -2.01. The van der Waals surface area contributed by atoms with Crippen LogP contribution < -0.4 is 0 Å². The van der Waals surface area contributed by atoms with Gasteiger partial charge in [0.25, 0.3) is 0 Å². The Morgan fingerprint density at radius 1 is 1.14 bits per heavy atom. The summed E-state index contributed by atoms with van der Waals surface area (Å²) < 4.78 is 0. The predicted molar refractivity (Wildman–Crippen MR) is 63.4 cm³/mol. The van der Waals surface area contributed by atoms with E-state index in [4.69, 9.17) is 0 Å². The number of para-hydroxylation sites is 1. The monoisotopic (exact) mass is 189 g/mol. The van der Waals surface area contributed by atoms with Crippen molar-refractivity contribution in [1.82, 2.24) is 0 Å². The lowest BCUT2D eigenvalue weighted by atomic mass is 10.0. The van der Waals surface area contributed by atoms with Crippen molar-refractivity contribution in [3.05, 3.63) is 29.8 Å². The Bertz CT molecular complexity index is 324. The maximum atomic E-state index is 4.57. The summed E-state index contributed by atoms with van der Waals surface area (Å²) in [6.45, 7) is 8.40. The van der Waals surface area contributed by atoms with E-state index < -0.39 is 0 Å². The van der Waals surface area contributed by atoms with Crippen molar-refractivity contribution in [1.29, 1.82) is 0 Å². The SMILES string of the molecule is CC.CC(C)C1=Nc2ccccc2C1. The smallest absolute Gasteiger partial charge is 0.0665 e. The molecule has 1 heteroatoms. The summed E-state index contributed by atoms with van der Waals surface area (Å²) in [7, 11) is 0. The van der Waals surface area contributed by atoms with Crippen LogP contribution in [0.2, 0.25) is 0 Å². The number of benzene rings is 1. The summed E-state index contributed by atoms with van der Waals surface area (Å²) in [5, 5.41) is 0. The number of aliphatic imine (C=N–C) groups is 1. The van der Waals surface area contributed by atoms with Gasteiger partial charge in [-0.3, -0.25) is 4.99 Å². The highest BCUT2D eigenvalue weighted by Crippen LogP contribution is 2.27. The molecule has 1 nitrogen and oxygen atoms in total. The van der Waals surface area contributed by atoms with E-state index >= 15 is 0 Å². The van der Waals surface area contributed by atoms with Crippen molar-refractivity contribution in [2.45, 2.75) is 34.1 Å². The average Bonchev–Trinajstić information content (AvgIpc) is 2.64. The van der Waals surface area contributed by atoms with Crippen LogP contribution in [-0.2, 0) is 6.42 Å². The van der Waals surface area contributed by atoms with Gasteiger partial charge in [-0.2, -0.15) is 0 Å². The van der Waals surface area contributed by atoms with Gasteiger partial charge in [-0.15, -0.1) is 0 Å². The van der Waals surface area contributed by atoms with Crippen molar-refractivity contribution in [2.75, 3.05) is 0 Å². The van der Waals surface area contributed by atoms with Gasteiger partial charge >= 0.3 is 0 Å². The largest absolute Gasteiger partial charge is 0.257 e. The van der Waals surface area contributed by atoms with Crippen LogP contribution in [-0.4, -0.2) is 5.71 Å². The van der Waals surface area contributed by atoms with Crippen molar-refractivity contribution >= 4 is 11.4 Å². The van der Waals surface area contributed by atoms with Crippen molar-refractivity contribution in [2.24, 2.45) is 10.9 Å². The molecule has 2 rings (SSSR count). The van der Waals surface area contributed by atoms with Gasteiger partial charge in [0.2, 0.25) is 0 Å². The van der Waals surface area contributed by atoms with Gasteiger partial charge < -0.3 is 0 Å². The van der Waals surface area contributed by atoms with E-state index in [1.807, 2.05) is 19.9 Å². The summed E-state index contributed by atoms with van der Waals surface area (Å²) >= 11 is 0. The first-order valence-corrected chi connectivity index (χ1v) is 5.43. The number of hydrogen-bond acceptors (Lipinski definition) is 1. The van der Waals surface area contributed by atoms with E-state index in [1.165, 1.54) is 17.0 Å². The fourth-order valence-electron chi connectivity index (χ4n) is 1.49. The number of hydrogen-bond donors (Lipinski definition) is 0. The van der Waals surface area contributed by atoms with Gasteiger partial charge in [0.1, 0.15) is 0 Å². The lowest BCUT2D eigenvalue weighted by molar-refractivity contribution is 0.871. The van der Waals surface area contributed by atoms with E-state index in [0.717, 1.165) is 6.42 Å². The Balaban J connectivity index is 0.000000461. The molecule has 1 aromatic rings. The molecule has 76 valence electrons. The zero-order chi connectivity index (χ0) is 10.6. The molecule has 1 aliphatic rings. The Hall–Kier alpha value is -1.11. The number of nitrogens with zero attached hydrogens (tertiary/aromatic N) is 1. The van der Waals surface area contributed by atoms with Crippen LogP contribution in [0.4, 0.5) is 5.69 Å². The highest BCUT2D eigenvalue weighted by Gasteiger charge is 2.15. The summed E-state index contributed by atoms with van der Waals surface area (Å²) in [5.41, 5.74) is 3.86. The first kappa shape index (κ1) is 11.0. The molecule has 14 heavy (non-hydrogen) atoms. The molecule has 1 aliphatic heterocycles. The van der Waals surface area contributed by atoms with Crippen molar-refractivity contribution in [3.63, 3.8) is 0 Å². The number of fused-ring (bicyclic) bond motifs is 1. The molecule has 0 saturated heterocycles. The third kappa shape index (κ3) is 2.22. The summed E-state index contributed by atoms with van der Waals surface area (Å²) in [5.74, 6) is 0.581. The summed E-state index contributed by atoms with van der Waals surface area (Å²) in [6, 6.07) is 8.38. The van der Waals surface area contributed by atoms with Crippen LogP contribution in [0, 0.1) is 5.92 Å². The zero-order valence-electron chi connectivity index (χ0n) is 9.54. The maximum Gasteiger partial charge on any atom is 0.0665 e. The molecule has 0 saturated carbocycles. The molecule has 0 unspecified atom stereocenters. The minimum Gasteiger partial charge on any atom is -0.257 e. The molecule has 0 N–H and O–H groups in total. The van der Waals surface area contributed by atoms with Gasteiger partial charge in [-0.05, 0) is 17.5 Å². The van der Waals surface area contributed by atoms with E-state index in [9.17, 15) is 0 Å². The molecule has 0 fully saturated rings. The van der Waals surface area contributed by atoms with E-state index in [1.54, 1.807) is 0 Å². The highest BCUT2D eigenvalue weighted by molar-refractivity contribution is 5.95. The third-order valence-corrected chi connectivity index (χ3v) is 2.29. The second-order valence-corrected chi connectivity index (χ2v) is 3.56. The lowest BCUT2D eigenvalue weighted by Crippen LogP contribution is -2.06. The summed E-state index contributed by atoms with van der Waals surface area (Å²) in [4.78, 5) is 4.57. The molecular formula is C13H19N. The van der Waals surface area contributed by atoms with Crippen LogP contribution in [0.3, 0.4) is 0 Å². The third-order valence-electron chi connectivity index (χ3n) is 2.29.